The quantitative estimate of drug-likeness (QED) is 0.828. The van der Waals surface area contributed by atoms with E-state index in [9.17, 15) is 0 Å². The summed E-state index contributed by atoms with van der Waals surface area (Å²) in [7, 11) is 0. The lowest BCUT2D eigenvalue weighted by Gasteiger charge is -2.02. The average molecular weight is 234 g/mol. The predicted molar refractivity (Wildman–Crippen MR) is 64.5 cm³/mol. The number of nitrogens with one attached hydrogen (secondary N) is 2. The van der Waals surface area contributed by atoms with Crippen molar-refractivity contribution in [2.75, 3.05) is 0 Å². The Hall–Kier alpha value is -1.62. The van der Waals surface area contributed by atoms with Gasteiger partial charge in [-0.05, 0) is 13.8 Å². The van der Waals surface area contributed by atoms with Gasteiger partial charge in [-0.25, -0.2) is 4.98 Å². The number of hydrogen-bond donors (Lipinski definition) is 2. The van der Waals surface area contributed by atoms with Gasteiger partial charge in [-0.1, -0.05) is 6.92 Å². The molecule has 0 saturated heterocycles. The molecule has 92 valence electrons. The Balaban J connectivity index is 1.87. The Bertz CT molecular complexity index is 467. The minimum Gasteiger partial charge on any atom is -0.444 e. The van der Waals surface area contributed by atoms with Crippen molar-refractivity contribution in [1.82, 2.24) is 20.5 Å². The molecule has 2 aromatic rings. The summed E-state index contributed by atoms with van der Waals surface area (Å²) in [6.07, 6.45) is 2.66. The smallest absolute Gasteiger partial charge is 0.208 e. The molecule has 0 aliphatic heterocycles. The maximum Gasteiger partial charge on any atom is 0.208 e. The Morgan fingerprint density at radius 2 is 2.18 bits per heavy atom. The zero-order valence-corrected chi connectivity index (χ0v) is 10.5. The Morgan fingerprint density at radius 3 is 2.76 bits per heavy atom. The van der Waals surface area contributed by atoms with Crippen LogP contribution in [0.5, 0.6) is 0 Å². The van der Waals surface area contributed by atoms with Crippen LogP contribution in [0.3, 0.4) is 0 Å². The van der Waals surface area contributed by atoms with Crippen LogP contribution in [-0.2, 0) is 19.5 Å². The summed E-state index contributed by atoms with van der Waals surface area (Å²) in [4.78, 5) is 4.20. The molecule has 0 amide bonds. The van der Waals surface area contributed by atoms with Crippen molar-refractivity contribution in [2.24, 2.45) is 0 Å². The molecule has 0 fully saturated rings. The Morgan fingerprint density at radius 1 is 1.35 bits per heavy atom. The molecule has 2 rings (SSSR count). The second-order valence-electron chi connectivity index (χ2n) is 4.09. The van der Waals surface area contributed by atoms with Gasteiger partial charge in [0.05, 0.1) is 18.4 Å². The largest absolute Gasteiger partial charge is 0.444 e. The van der Waals surface area contributed by atoms with Gasteiger partial charge in [0.25, 0.3) is 0 Å². The fourth-order valence-corrected chi connectivity index (χ4v) is 1.72. The minimum absolute atomic E-state index is 0.643. The molecule has 2 N–H and O–H groups in total. The number of H-pyrrole nitrogens is 1. The molecule has 0 unspecified atom stereocenters. The predicted octanol–water partition coefficient (Wildman–Crippen LogP) is 1.87. The fraction of sp³-hybridized carbons (Fsp3) is 0.500. The number of nitrogens with zero attached hydrogens (tertiary/aromatic N) is 2. The molecule has 5 heteroatoms. The standard InChI is InChI=1S/C12H18N4O/c1-4-10-5-14-12(17-10)7-13-6-11-8(2)15-16-9(11)3/h5,13H,4,6-7H2,1-3H3,(H,15,16). The average Bonchev–Trinajstić information content (AvgIpc) is 2.90. The van der Waals surface area contributed by atoms with Crippen LogP contribution in [0.1, 0.15) is 35.5 Å². The van der Waals surface area contributed by atoms with E-state index in [2.05, 4.69) is 27.4 Å². The van der Waals surface area contributed by atoms with Gasteiger partial charge in [-0.3, -0.25) is 5.10 Å². The van der Waals surface area contributed by atoms with Crippen LogP contribution in [0.25, 0.3) is 0 Å². The molecule has 0 bridgehead atoms. The van der Waals surface area contributed by atoms with Crippen molar-refractivity contribution in [2.45, 2.75) is 40.3 Å². The van der Waals surface area contributed by atoms with Gasteiger partial charge in [-0.2, -0.15) is 5.10 Å². The lowest BCUT2D eigenvalue weighted by molar-refractivity contribution is 0.438. The summed E-state index contributed by atoms with van der Waals surface area (Å²) >= 11 is 0. The van der Waals surface area contributed by atoms with Crippen molar-refractivity contribution in [3.8, 4) is 0 Å². The van der Waals surface area contributed by atoms with E-state index in [1.165, 1.54) is 5.56 Å². The van der Waals surface area contributed by atoms with Crippen LogP contribution in [0.15, 0.2) is 10.6 Å². The monoisotopic (exact) mass is 234 g/mol. The Labute approximate surface area is 101 Å². The summed E-state index contributed by atoms with van der Waals surface area (Å²) in [5.41, 5.74) is 3.36. The molecule has 2 aromatic heterocycles. The van der Waals surface area contributed by atoms with Crippen LogP contribution >= 0.6 is 0 Å². The highest BCUT2D eigenvalue weighted by Gasteiger charge is 2.06. The first-order valence-electron chi connectivity index (χ1n) is 5.85. The summed E-state index contributed by atoms with van der Waals surface area (Å²) in [5, 5.41) is 10.4. The molecule has 2 heterocycles. The summed E-state index contributed by atoms with van der Waals surface area (Å²) in [5.74, 6) is 1.66. The van der Waals surface area contributed by atoms with Crippen molar-refractivity contribution < 1.29 is 4.42 Å². The maximum atomic E-state index is 5.52. The molecule has 0 radical (unpaired) electrons. The first-order valence-corrected chi connectivity index (χ1v) is 5.85. The normalized spacial score (nSPS) is 11.0. The van der Waals surface area contributed by atoms with Crippen molar-refractivity contribution in [1.29, 1.82) is 0 Å². The second-order valence-corrected chi connectivity index (χ2v) is 4.09. The Kier molecular flexibility index (Phi) is 3.58. The van der Waals surface area contributed by atoms with Gasteiger partial charge < -0.3 is 9.73 Å². The van der Waals surface area contributed by atoms with Crippen LogP contribution in [0.4, 0.5) is 0 Å². The van der Waals surface area contributed by atoms with Gasteiger partial charge in [0.1, 0.15) is 5.76 Å². The zero-order valence-electron chi connectivity index (χ0n) is 10.5. The molecular formula is C12H18N4O. The minimum atomic E-state index is 0.643. The summed E-state index contributed by atoms with van der Waals surface area (Å²) < 4.78 is 5.52. The first kappa shape index (κ1) is 11.9. The van der Waals surface area contributed by atoms with Gasteiger partial charge >= 0.3 is 0 Å². The van der Waals surface area contributed by atoms with E-state index < -0.39 is 0 Å². The SMILES string of the molecule is CCc1cnc(CNCc2c(C)n[nH]c2C)o1. The van der Waals surface area contributed by atoms with Crippen LogP contribution in [0.2, 0.25) is 0 Å². The highest BCUT2D eigenvalue weighted by Crippen LogP contribution is 2.09. The van der Waals surface area contributed by atoms with Crippen molar-refractivity contribution in [3.63, 3.8) is 0 Å². The lowest BCUT2D eigenvalue weighted by atomic mass is 10.2. The molecule has 5 nitrogen and oxygen atoms in total. The van der Waals surface area contributed by atoms with E-state index in [1.807, 2.05) is 13.8 Å². The zero-order chi connectivity index (χ0) is 12.3. The van der Waals surface area contributed by atoms with E-state index in [0.29, 0.717) is 6.54 Å². The van der Waals surface area contributed by atoms with Crippen molar-refractivity contribution in [3.05, 3.63) is 34.8 Å². The first-order chi connectivity index (χ1) is 8.20. The molecular weight excluding hydrogens is 216 g/mol. The topological polar surface area (TPSA) is 66.7 Å². The van der Waals surface area contributed by atoms with E-state index in [0.717, 1.165) is 36.0 Å². The van der Waals surface area contributed by atoms with Crippen molar-refractivity contribution >= 4 is 0 Å². The third kappa shape index (κ3) is 2.74. The third-order valence-corrected chi connectivity index (χ3v) is 2.81. The third-order valence-electron chi connectivity index (χ3n) is 2.81. The molecule has 17 heavy (non-hydrogen) atoms. The summed E-state index contributed by atoms with van der Waals surface area (Å²) in [6.45, 7) is 7.50. The van der Waals surface area contributed by atoms with E-state index in [1.54, 1.807) is 6.20 Å². The molecule has 0 aliphatic rings. The number of aromatic amines is 1. The molecule has 0 aliphatic carbocycles. The van der Waals surface area contributed by atoms with E-state index in [-0.39, 0.29) is 0 Å². The number of aryl methyl sites for hydroxylation is 3. The molecule has 0 saturated carbocycles. The van der Waals surface area contributed by atoms with Gasteiger partial charge in [-0.15, -0.1) is 0 Å². The lowest BCUT2D eigenvalue weighted by Crippen LogP contribution is -2.13. The highest BCUT2D eigenvalue weighted by atomic mass is 16.4. The van der Waals surface area contributed by atoms with Crippen LogP contribution in [-0.4, -0.2) is 15.2 Å². The van der Waals surface area contributed by atoms with E-state index >= 15 is 0 Å². The highest BCUT2D eigenvalue weighted by molar-refractivity contribution is 5.22. The number of hydrogen-bond acceptors (Lipinski definition) is 4. The molecule has 0 spiro atoms. The number of aromatic nitrogens is 3. The van der Waals surface area contributed by atoms with E-state index in [4.69, 9.17) is 4.42 Å². The number of rotatable bonds is 5. The molecule has 0 atom stereocenters. The van der Waals surface area contributed by atoms with Gasteiger partial charge in [0.2, 0.25) is 5.89 Å². The molecule has 0 aromatic carbocycles. The summed E-state index contributed by atoms with van der Waals surface area (Å²) in [6, 6.07) is 0. The number of oxazole rings is 1. The van der Waals surface area contributed by atoms with Gasteiger partial charge in [0.15, 0.2) is 0 Å². The second kappa shape index (κ2) is 5.14. The van der Waals surface area contributed by atoms with Crippen LogP contribution < -0.4 is 5.32 Å². The van der Waals surface area contributed by atoms with Crippen LogP contribution in [0, 0.1) is 13.8 Å². The fourth-order valence-electron chi connectivity index (χ4n) is 1.72. The maximum absolute atomic E-state index is 5.52. The van der Waals surface area contributed by atoms with Gasteiger partial charge in [0, 0.05) is 24.2 Å².